The molecule has 22 fully saturated rings. The van der Waals surface area contributed by atoms with Crippen molar-refractivity contribution in [1.82, 2.24) is 0 Å². The van der Waals surface area contributed by atoms with Crippen molar-refractivity contribution in [3.63, 3.8) is 0 Å². The first-order valence-electron chi connectivity index (χ1n) is 24.0. The molecule has 74 heavy (non-hydrogen) atoms. The first-order valence-corrected chi connectivity index (χ1v) is 24.0. The number of hydrogen-bond donors (Lipinski definition) is 17. The van der Waals surface area contributed by atoms with E-state index in [4.69, 9.17) is 66.3 Å². The predicted molar refractivity (Wildman–Crippen MR) is 225 cm³/mol. The SMILES string of the molecule is CCC(O)O[C@@H]1[C@@H](O)[C@H]2O[C@H]3[C@H](O)[C@@H](O)[C@@H](O[C@H]4[C@H](O)[C@@H](O)[C@@H](O[C@H]5[C@H](O)[C@@H](O)[C@@H](O[C@H]6[C@H](O)[C@@H](O)[C@@H](O[C@@H]7[C@H](OCC(C)=O)[C@@H](O)[C@@H](O[C@H]1[C@@H](CO)O2)O[C@@H]7CO)O[C@@H]6CO)O[C@@H]5CO)O[C@@H]4CO)O[C@@H]3CO. The topological polar surface area (TPSA) is 490 Å². The number of aliphatic hydroxyl groups is 17. The predicted octanol–water partition coefficient (Wildman–Crippen LogP) is -11.7. The maximum atomic E-state index is 12.2. The maximum absolute atomic E-state index is 12.2. The summed E-state index contributed by atoms with van der Waals surface area (Å²) < 4.78 is 81.3. The molecule has 430 valence electrons. The molecule has 32 nitrogen and oxygen atoms in total. The average molecular weight is 1090 g/mol. The summed E-state index contributed by atoms with van der Waals surface area (Å²) >= 11 is 0. The fraction of sp³-hybridized carbons (Fsp3) is 0.976. The van der Waals surface area contributed by atoms with Gasteiger partial charge in [0.1, 0.15) is 153 Å². The smallest absolute Gasteiger partial charge is 0.187 e. The number of carbonyl (C=O) groups excluding carboxylic acids is 1. The fourth-order valence-electron chi connectivity index (χ4n) is 9.74. The lowest BCUT2D eigenvalue weighted by atomic mass is 9.94. The van der Waals surface area contributed by atoms with Gasteiger partial charge < -0.3 is 153 Å². The van der Waals surface area contributed by atoms with Crippen LogP contribution < -0.4 is 0 Å². The maximum Gasteiger partial charge on any atom is 0.187 e. The van der Waals surface area contributed by atoms with Gasteiger partial charge >= 0.3 is 0 Å². The molecular weight excluding hydrogens is 1020 g/mol. The molecule has 22 aliphatic heterocycles. The third-order valence-corrected chi connectivity index (χ3v) is 13.8. The Morgan fingerprint density at radius 2 is 0.622 bits per heavy atom. The van der Waals surface area contributed by atoms with E-state index in [1.165, 1.54) is 6.92 Å². The molecular formula is C42H70O32. The molecule has 0 radical (unpaired) electrons. The highest BCUT2D eigenvalue weighted by Crippen LogP contribution is 2.39. The van der Waals surface area contributed by atoms with Crippen molar-refractivity contribution >= 4 is 5.78 Å². The molecule has 0 spiro atoms. The van der Waals surface area contributed by atoms with Crippen molar-refractivity contribution < 1.29 is 158 Å². The van der Waals surface area contributed by atoms with E-state index in [0.29, 0.717) is 0 Å². The molecule has 22 rings (SSSR count). The number of carbonyl (C=O) groups is 1. The van der Waals surface area contributed by atoms with Crippen LogP contribution in [0, 0.1) is 0 Å². The first kappa shape index (κ1) is 60.1. The third kappa shape index (κ3) is 12.4. The summed E-state index contributed by atoms with van der Waals surface area (Å²) in [4.78, 5) is 12.2. The minimum Gasteiger partial charge on any atom is -0.394 e. The Bertz CT molecular complexity index is 1740. The number of rotatable bonds is 12. The van der Waals surface area contributed by atoms with E-state index in [1.807, 2.05) is 0 Å². The lowest BCUT2D eigenvalue weighted by Crippen LogP contribution is -2.69. The fourth-order valence-corrected chi connectivity index (χ4v) is 9.74. The molecule has 22 aliphatic rings. The van der Waals surface area contributed by atoms with E-state index in [1.54, 1.807) is 0 Å². The highest BCUT2D eigenvalue weighted by molar-refractivity contribution is 5.76. The van der Waals surface area contributed by atoms with Crippen molar-refractivity contribution in [1.29, 1.82) is 0 Å². The normalized spacial score (nSPS) is 51.1. The number of hydrogen-bond acceptors (Lipinski definition) is 32. The molecule has 0 aromatic carbocycles. The second-order valence-electron chi connectivity index (χ2n) is 18.8. The molecule has 0 aromatic heterocycles. The molecule has 31 atom stereocenters. The number of ketones is 1. The molecule has 1 unspecified atom stereocenters. The van der Waals surface area contributed by atoms with Gasteiger partial charge in [0.05, 0.1) is 39.6 Å². The number of aliphatic hydroxyl groups excluding tert-OH is 17. The van der Waals surface area contributed by atoms with Gasteiger partial charge in [0, 0.05) is 0 Å². The summed E-state index contributed by atoms with van der Waals surface area (Å²) in [6, 6.07) is 0. The molecule has 0 saturated carbocycles. The summed E-state index contributed by atoms with van der Waals surface area (Å²) in [7, 11) is 0. The summed E-state index contributed by atoms with van der Waals surface area (Å²) in [6.45, 7) is -4.19. The molecule has 32 heteroatoms. The largest absolute Gasteiger partial charge is 0.394 e. The molecule has 0 aliphatic carbocycles. The second kappa shape index (κ2) is 26.1. The Balaban J connectivity index is 1.25. The molecule has 0 aromatic rings. The molecule has 12 bridgehead atoms. The van der Waals surface area contributed by atoms with Crippen LogP contribution >= 0.6 is 0 Å². The third-order valence-electron chi connectivity index (χ3n) is 13.8. The van der Waals surface area contributed by atoms with Gasteiger partial charge in [-0.05, 0) is 13.3 Å². The van der Waals surface area contributed by atoms with Gasteiger partial charge in [-0.25, -0.2) is 0 Å². The van der Waals surface area contributed by atoms with Crippen molar-refractivity contribution in [2.24, 2.45) is 0 Å². The Morgan fingerprint density at radius 1 is 0.378 bits per heavy atom. The number of ether oxygens (including phenoxy) is 14. The Labute approximate surface area is 420 Å². The Morgan fingerprint density at radius 3 is 0.892 bits per heavy atom. The van der Waals surface area contributed by atoms with Gasteiger partial charge in [-0.1, -0.05) is 6.92 Å². The van der Waals surface area contributed by atoms with Gasteiger partial charge in [-0.2, -0.15) is 0 Å². The van der Waals surface area contributed by atoms with Gasteiger partial charge in [-0.3, -0.25) is 4.79 Å². The molecule has 0 amide bonds. The quantitative estimate of drug-likeness (QED) is 0.0807. The summed E-state index contributed by atoms with van der Waals surface area (Å²) in [6.07, 6.45) is -60.0. The van der Waals surface area contributed by atoms with Gasteiger partial charge in [-0.15, -0.1) is 0 Å². The van der Waals surface area contributed by atoms with E-state index < -0.39 is 243 Å². The van der Waals surface area contributed by atoms with Crippen LogP contribution in [0.5, 0.6) is 0 Å². The number of Topliss-reactive ketones (excluding diaryl/α,β-unsaturated/α-hetero) is 1. The van der Waals surface area contributed by atoms with Gasteiger partial charge in [0.15, 0.2) is 49.8 Å². The van der Waals surface area contributed by atoms with Crippen LogP contribution in [0.25, 0.3) is 0 Å². The highest BCUT2D eigenvalue weighted by atomic mass is 16.8. The van der Waals surface area contributed by atoms with Crippen LogP contribution in [0.3, 0.4) is 0 Å². The summed E-state index contributed by atoms with van der Waals surface area (Å²) in [5.74, 6) is -0.594. The molecule has 22 saturated heterocycles. The van der Waals surface area contributed by atoms with Crippen molar-refractivity contribution in [3.8, 4) is 0 Å². The second-order valence-corrected chi connectivity index (χ2v) is 18.8. The zero-order valence-corrected chi connectivity index (χ0v) is 39.8. The van der Waals surface area contributed by atoms with E-state index >= 15 is 0 Å². The Kier molecular flexibility index (Phi) is 21.2. The van der Waals surface area contributed by atoms with Gasteiger partial charge in [0.25, 0.3) is 0 Å². The molecule has 17 N–H and O–H groups in total. The van der Waals surface area contributed by atoms with E-state index in [9.17, 15) is 91.6 Å². The van der Waals surface area contributed by atoms with Crippen molar-refractivity contribution in [2.75, 3.05) is 46.2 Å². The summed E-state index contributed by atoms with van der Waals surface area (Å²) in [5.41, 5.74) is 0. The monoisotopic (exact) mass is 1090 g/mol. The van der Waals surface area contributed by atoms with Gasteiger partial charge in [0.2, 0.25) is 0 Å². The lowest BCUT2D eigenvalue weighted by molar-refractivity contribution is -0.407. The van der Waals surface area contributed by atoms with E-state index in [-0.39, 0.29) is 6.42 Å². The van der Waals surface area contributed by atoms with Crippen LogP contribution in [-0.2, 0) is 71.1 Å². The van der Waals surface area contributed by atoms with Crippen LogP contribution in [-0.4, -0.2) is 329 Å². The highest BCUT2D eigenvalue weighted by Gasteiger charge is 2.59. The minimum atomic E-state index is -2.18. The Hall–Kier alpha value is -1.57. The first-order chi connectivity index (χ1) is 35.2. The van der Waals surface area contributed by atoms with E-state index in [2.05, 4.69) is 0 Å². The molecule has 22 heterocycles. The van der Waals surface area contributed by atoms with Crippen molar-refractivity contribution in [2.45, 2.75) is 211 Å². The van der Waals surface area contributed by atoms with E-state index in [0.717, 1.165) is 6.92 Å². The van der Waals surface area contributed by atoms with Crippen molar-refractivity contribution in [3.05, 3.63) is 0 Å². The van der Waals surface area contributed by atoms with Crippen LogP contribution in [0.15, 0.2) is 0 Å². The summed E-state index contributed by atoms with van der Waals surface area (Å²) in [5, 5.41) is 188. The average Bonchev–Trinajstić information content (AvgIpc) is 3.38. The zero-order valence-electron chi connectivity index (χ0n) is 39.8. The lowest BCUT2D eigenvalue weighted by Gasteiger charge is -2.51. The van der Waals surface area contributed by atoms with Crippen LogP contribution in [0.4, 0.5) is 0 Å². The standard InChI is InChI=1S/C42H70O32/c1-3-18(50)68-36-28(60)42-67-17(9-48)34(36)74-41-27(59)35(61-10-11(2)49)33(16(8-47)66-41)73-40-26(58)22(54)31(14(6-45)65-40)71-38-24(56)20(52)29(12(4-43)63-38)69-37-23(55)19(51)30(13(5-44)62-37)70-39-25(57)21(53)32(72-42)15(7-46)64-39/h12-48,50-60H,3-10H2,1-2H3/t12-,13-,14-,15-,16-,17-,18?,19-,20-,21-,22-,23-,24-,25-,26-,27-,28-,29-,30-,31-,32-,33+,34+,35-,36-,37-,38-,39-,40-,41-,42-/m1/s1. The van der Waals surface area contributed by atoms with Crippen LogP contribution in [0.2, 0.25) is 0 Å². The zero-order chi connectivity index (χ0) is 54.0. The van der Waals surface area contributed by atoms with Crippen LogP contribution in [0.1, 0.15) is 20.3 Å². The minimum absolute atomic E-state index is 0.114.